The molecule has 0 aromatic carbocycles. The van der Waals surface area contributed by atoms with E-state index in [1.165, 1.54) is 11.5 Å². The van der Waals surface area contributed by atoms with Crippen LogP contribution in [0.25, 0.3) is 0 Å². The standard InChI is InChI=1S/C8H12N2OS2/c1-5-9-8(13-10-5)12-7-4-2-3-6(7)11/h6-7,11H,2-4H2,1H3. The second-order valence-electron chi connectivity index (χ2n) is 3.26. The molecule has 1 aromatic rings. The quantitative estimate of drug-likeness (QED) is 0.819. The lowest BCUT2D eigenvalue weighted by molar-refractivity contribution is 0.188. The van der Waals surface area contributed by atoms with E-state index in [-0.39, 0.29) is 6.10 Å². The lowest BCUT2D eigenvalue weighted by Crippen LogP contribution is -2.14. The summed E-state index contributed by atoms with van der Waals surface area (Å²) in [7, 11) is 0. The molecule has 72 valence electrons. The highest BCUT2D eigenvalue weighted by atomic mass is 32.2. The van der Waals surface area contributed by atoms with Crippen LogP contribution in [-0.2, 0) is 0 Å². The van der Waals surface area contributed by atoms with Crippen LogP contribution >= 0.6 is 23.3 Å². The molecule has 0 spiro atoms. The first-order chi connectivity index (χ1) is 6.25. The fourth-order valence-corrected chi connectivity index (χ4v) is 3.60. The number of nitrogens with zero attached hydrogens (tertiary/aromatic N) is 2. The van der Waals surface area contributed by atoms with Crippen molar-refractivity contribution in [2.75, 3.05) is 0 Å². The fourth-order valence-electron chi connectivity index (χ4n) is 1.50. The molecule has 0 saturated heterocycles. The predicted molar refractivity (Wildman–Crippen MR) is 54.1 cm³/mol. The maximum absolute atomic E-state index is 9.59. The first-order valence-electron chi connectivity index (χ1n) is 4.41. The van der Waals surface area contributed by atoms with E-state index in [1.807, 2.05) is 6.92 Å². The van der Waals surface area contributed by atoms with Gasteiger partial charge in [-0.05, 0) is 37.7 Å². The number of thioether (sulfide) groups is 1. The monoisotopic (exact) mass is 216 g/mol. The van der Waals surface area contributed by atoms with Gasteiger partial charge in [-0.15, -0.1) is 0 Å². The Balaban J connectivity index is 1.97. The zero-order chi connectivity index (χ0) is 9.26. The van der Waals surface area contributed by atoms with Gasteiger partial charge >= 0.3 is 0 Å². The lowest BCUT2D eigenvalue weighted by atomic mass is 10.3. The average molecular weight is 216 g/mol. The Kier molecular flexibility index (Phi) is 2.86. The van der Waals surface area contributed by atoms with Crippen LogP contribution in [0.2, 0.25) is 0 Å². The van der Waals surface area contributed by atoms with Crippen LogP contribution in [0, 0.1) is 6.92 Å². The third-order valence-electron chi connectivity index (χ3n) is 2.18. The van der Waals surface area contributed by atoms with Crippen LogP contribution in [0.4, 0.5) is 0 Å². The Morgan fingerprint density at radius 3 is 2.92 bits per heavy atom. The Morgan fingerprint density at radius 2 is 2.38 bits per heavy atom. The molecular weight excluding hydrogens is 204 g/mol. The zero-order valence-electron chi connectivity index (χ0n) is 7.43. The smallest absolute Gasteiger partial charge is 0.170 e. The van der Waals surface area contributed by atoms with Gasteiger partial charge in [0.25, 0.3) is 0 Å². The Hall–Kier alpha value is -0.130. The average Bonchev–Trinajstić information content (AvgIpc) is 2.64. The number of hydrogen-bond acceptors (Lipinski definition) is 5. The molecule has 1 aromatic heterocycles. The number of aliphatic hydroxyl groups excluding tert-OH is 1. The van der Waals surface area contributed by atoms with Crippen molar-refractivity contribution >= 4 is 23.3 Å². The molecule has 5 heteroatoms. The van der Waals surface area contributed by atoms with Gasteiger partial charge in [0.15, 0.2) is 4.34 Å². The molecule has 2 rings (SSSR count). The first kappa shape index (κ1) is 9.43. The summed E-state index contributed by atoms with van der Waals surface area (Å²) >= 11 is 3.10. The van der Waals surface area contributed by atoms with Gasteiger partial charge in [0.05, 0.1) is 6.10 Å². The van der Waals surface area contributed by atoms with Crippen LogP contribution < -0.4 is 0 Å². The molecule has 1 fully saturated rings. The van der Waals surface area contributed by atoms with Gasteiger partial charge in [-0.1, -0.05) is 11.8 Å². The van der Waals surface area contributed by atoms with E-state index in [1.54, 1.807) is 11.8 Å². The minimum atomic E-state index is -0.144. The minimum Gasteiger partial charge on any atom is -0.392 e. The number of aryl methyl sites for hydroxylation is 1. The highest BCUT2D eigenvalue weighted by molar-refractivity contribution is 8.01. The molecule has 13 heavy (non-hydrogen) atoms. The maximum Gasteiger partial charge on any atom is 0.170 e. The third kappa shape index (κ3) is 2.21. The maximum atomic E-state index is 9.59. The molecule has 1 N–H and O–H groups in total. The van der Waals surface area contributed by atoms with E-state index < -0.39 is 0 Å². The van der Waals surface area contributed by atoms with Crippen molar-refractivity contribution in [3.05, 3.63) is 5.82 Å². The normalized spacial score (nSPS) is 28.2. The van der Waals surface area contributed by atoms with Crippen LogP contribution in [0.5, 0.6) is 0 Å². The molecule has 0 bridgehead atoms. The minimum absolute atomic E-state index is 0.144. The largest absolute Gasteiger partial charge is 0.392 e. The summed E-state index contributed by atoms with van der Waals surface area (Å²) in [6.07, 6.45) is 3.03. The van der Waals surface area contributed by atoms with Crippen LogP contribution in [0.1, 0.15) is 25.1 Å². The van der Waals surface area contributed by atoms with E-state index in [4.69, 9.17) is 0 Å². The zero-order valence-corrected chi connectivity index (χ0v) is 9.07. The number of aliphatic hydroxyl groups is 1. The molecule has 1 aliphatic carbocycles. The van der Waals surface area contributed by atoms with E-state index in [2.05, 4.69) is 9.36 Å². The van der Waals surface area contributed by atoms with Crippen molar-refractivity contribution < 1.29 is 5.11 Å². The van der Waals surface area contributed by atoms with Crippen LogP contribution in [-0.4, -0.2) is 25.8 Å². The number of aromatic nitrogens is 2. The van der Waals surface area contributed by atoms with Crippen molar-refractivity contribution in [1.29, 1.82) is 0 Å². The fraction of sp³-hybridized carbons (Fsp3) is 0.750. The van der Waals surface area contributed by atoms with E-state index >= 15 is 0 Å². The lowest BCUT2D eigenvalue weighted by Gasteiger charge is -2.10. The molecule has 1 saturated carbocycles. The van der Waals surface area contributed by atoms with Crippen molar-refractivity contribution in [1.82, 2.24) is 9.36 Å². The summed E-state index contributed by atoms with van der Waals surface area (Å²) in [4.78, 5) is 4.27. The number of rotatable bonds is 2. The molecule has 1 heterocycles. The summed E-state index contributed by atoms with van der Waals surface area (Å²) in [5, 5.41) is 9.93. The van der Waals surface area contributed by atoms with E-state index in [0.29, 0.717) is 5.25 Å². The number of hydrogen-bond donors (Lipinski definition) is 1. The van der Waals surface area contributed by atoms with Crippen LogP contribution in [0.15, 0.2) is 4.34 Å². The second-order valence-corrected chi connectivity index (χ2v) is 5.50. The van der Waals surface area contributed by atoms with Gasteiger partial charge in [0.2, 0.25) is 0 Å². The van der Waals surface area contributed by atoms with E-state index in [9.17, 15) is 5.11 Å². The Labute approximate surface area is 85.8 Å². The summed E-state index contributed by atoms with van der Waals surface area (Å²) in [6.45, 7) is 1.89. The topological polar surface area (TPSA) is 46.0 Å². The van der Waals surface area contributed by atoms with Gasteiger partial charge in [-0.25, -0.2) is 4.98 Å². The molecule has 2 unspecified atom stereocenters. The van der Waals surface area contributed by atoms with Gasteiger partial charge in [-0.2, -0.15) is 4.37 Å². The molecule has 0 aliphatic heterocycles. The third-order valence-corrected chi connectivity index (χ3v) is 4.44. The molecule has 0 amide bonds. The van der Waals surface area contributed by atoms with Crippen molar-refractivity contribution in [3.63, 3.8) is 0 Å². The van der Waals surface area contributed by atoms with Gasteiger partial charge in [-0.3, -0.25) is 0 Å². The first-order valence-corrected chi connectivity index (χ1v) is 6.06. The molecule has 2 atom stereocenters. The Morgan fingerprint density at radius 1 is 1.54 bits per heavy atom. The summed E-state index contributed by atoms with van der Waals surface area (Å²) in [6, 6.07) is 0. The predicted octanol–water partition coefficient (Wildman–Crippen LogP) is 1.85. The van der Waals surface area contributed by atoms with Crippen molar-refractivity contribution in [2.45, 2.75) is 41.9 Å². The van der Waals surface area contributed by atoms with Gasteiger partial charge < -0.3 is 5.11 Å². The highest BCUT2D eigenvalue weighted by Gasteiger charge is 2.26. The SMILES string of the molecule is Cc1nsc(SC2CCCC2O)n1. The van der Waals surface area contributed by atoms with Crippen molar-refractivity contribution in [3.8, 4) is 0 Å². The van der Waals surface area contributed by atoms with Crippen molar-refractivity contribution in [2.24, 2.45) is 0 Å². The summed E-state index contributed by atoms with van der Waals surface area (Å²) in [5.74, 6) is 0.833. The van der Waals surface area contributed by atoms with Gasteiger partial charge in [0.1, 0.15) is 5.82 Å². The second kappa shape index (κ2) is 3.94. The molecule has 0 radical (unpaired) electrons. The van der Waals surface area contributed by atoms with Crippen LogP contribution in [0.3, 0.4) is 0 Å². The van der Waals surface area contributed by atoms with Gasteiger partial charge in [0, 0.05) is 5.25 Å². The highest BCUT2D eigenvalue weighted by Crippen LogP contribution is 2.35. The van der Waals surface area contributed by atoms with E-state index in [0.717, 1.165) is 29.4 Å². The summed E-state index contributed by atoms with van der Waals surface area (Å²) < 4.78 is 5.10. The Bertz CT molecular complexity index is 289. The molecule has 3 nitrogen and oxygen atoms in total. The molecule has 1 aliphatic rings. The molecular formula is C8H12N2OS2. The summed E-state index contributed by atoms with van der Waals surface area (Å²) in [5.41, 5.74) is 0.